The van der Waals surface area contributed by atoms with Crippen LogP contribution in [0.1, 0.15) is 63.4 Å². The van der Waals surface area contributed by atoms with Crippen molar-refractivity contribution < 1.29 is 14.3 Å². The van der Waals surface area contributed by atoms with E-state index in [-0.39, 0.29) is 17.4 Å². The van der Waals surface area contributed by atoms with Crippen LogP contribution >= 0.6 is 0 Å². The van der Waals surface area contributed by atoms with Crippen LogP contribution in [-0.2, 0) is 4.79 Å². The molecule has 0 aliphatic carbocycles. The second-order valence-corrected chi connectivity index (χ2v) is 8.26. The molecule has 0 fully saturated rings. The Labute approximate surface area is 167 Å². The molecule has 2 aromatic carbocycles. The molecule has 0 radical (unpaired) electrons. The van der Waals surface area contributed by atoms with Crippen LogP contribution in [0.4, 0.5) is 5.69 Å². The molecule has 0 saturated heterocycles. The minimum atomic E-state index is -0.669. The minimum Gasteiger partial charge on any atom is -0.481 e. The van der Waals surface area contributed by atoms with Crippen molar-refractivity contribution in [1.29, 1.82) is 0 Å². The standard InChI is InChI=1S/C23H30N2O3/c1-15(2)17-10-12-20(13-11-17)28-16(3)21(26)24-19-9-7-8-18(14-19)22(27)25-23(4,5)6/h7-16H,1-6H3,(H,24,26)(H,25,27). The van der Waals surface area contributed by atoms with Crippen molar-refractivity contribution in [2.45, 2.75) is 59.1 Å². The summed E-state index contributed by atoms with van der Waals surface area (Å²) in [5.41, 5.74) is 1.93. The third kappa shape index (κ3) is 6.41. The third-order valence-corrected chi connectivity index (χ3v) is 4.11. The number of benzene rings is 2. The zero-order valence-corrected chi connectivity index (χ0v) is 17.5. The molecule has 2 amide bonds. The highest BCUT2D eigenvalue weighted by Gasteiger charge is 2.18. The summed E-state index contributed by atoms with van der Waals surface area (Å²) in [7, 11) is 0. The van der Waals surface area contributed by atoms with E-state index in [4.69, 9.17) is 4.74 Å². The first kappa shape index (κ1) is 21.5. The van der Waals surface area contributed by atoms with E-state index in [1.54, 1.807) is 31.2 Å². The van der Waals surface area contributed by atoms with Crippen LogP contribution < -0.4 is 15.4 Å². The van der Waals surface area contributed by atoms with E-state index >= 15 is 0 Å². The highest BCUT2D eigenvalue weighted by Crippen LogP contribution is 2.20. The number of hydrogen-bond acceptors (Lipinski definition) is 3. The Kier molecular flexibility index (Phi) is 6.84. The van der Waals surface area contributed by atoms with Crippen LogP contribution in [0.2, 0.25) is 0 Å². The van der Waals surface area contributed by atoms with E-state index in [1.165, 1.54) is 5.56 Å². The van der Waals surface area contributed by atoms with Gasteiger partial charge in [-0.05, 0) is 69.5 Å². The average Bonchev–Trinajstić information content (AvgIpc) is 2.61. The van der Waals surface area contributed by atoms with Gasteiger partial charge in [0.2, 0.25) is 0 Å². The van der Waals surface area contributed by atoms with Crippen molar-refractivity contribution in [3.05, 3.63) is 59.7 Å². The second-order valence-electron chi connectivity index (χ2n) is 8.26. The molecule has 28 heavy (non-hydrogen) atoms. The van der Waals surface area contributed by atoms with Crippen LogP contribution in [0.15, 0.2) is 48.5 Å². The van der Waals surface area contributed by atoms with E-state index in [1.807, 2.05) is 45.0 Å². The summed E-state index contributed by atoms with van der Waals surface area (Å²) >= 11 is 0. The fourth-order valence-electron chi connectivity index (χ4n) is 2.58. The molecular formula is C23H30N2O3. The number of nitrogens with one attached hydrogen (secondary N) is 2. The lowest BCUT2D eigenvalue weighted by Gasteiger charge is -2.20. The van der Waals surface area contributed by atoms with Crippen molar-refractivity contribution in [2.24, 2.45) is 0 Å². The molecule has 0 bridgehead atoms. The molecule has 1 unspecified atom stereocenters. The fourth-order valence-corrected chi connectivity index (χ4v) is 2.58. The molecule has 0 spiro atoms. The first-order chi connectivity index (χ1) is 13.0. The lowest BCUT2D eigenvalue weighted by atomic mass is 10.0. The normalized spacial score (nSPS) is 12.4. The van der Waals surface area contributed by atoms with Crippen molar-refractivity contribution >= 4 is 17.5 Å². The molecule has 2 rings (SSSR count). The summed E-state index contributed by atoms with van der Waals surface area (Å²) in [4.78, 5) is 24.8. The zero-order valence-electron chi connectivity index (χ0n) is 17.5. The highest BCUT2D eigenvalue weighted by atomic mass is 16.5. The van der Waals surface area contributed by atoms with Gasteiger partial charge in [-0.1, -0.05) is 32.0 Å². The van der Waals surface area contributed by atoms with Crippen LogP contribution in [0.25, 0.3) is 0 Å². The number of carbonyl (C=O) groups is 2. The van der Waals surface area contributed by atoms with Gasteiger partial charge in [0.1, 0.15) is 5.75 Å². The first-order valence-corrected chi connectivity index (χ1v) is 9.55. The monoisotopic (exact) mass is 382 g/mol. The third-order valence-electron chi connectivity index (χ3n) is 4.11. The Balaban J connectivity index is 2.00. The molecule has 0 heterocycles. The Morgan fingerprint density at radius 2 is 1.61 bits per heavy atom. The van der Waals surface area contributed by atoms with Gasteiger partial charge in [-0.25, -0.2) is 0 Å². The quantitative estimate of drug-likeness (QED) is 0.758. The molecule has 5 heteroatoms. The van der Waals surface area contributed by atoms with E-state index in [0.29, 0.717) is 22.9 Å². The number of carbonyl (C=O) groups excluding carboxylic acids is 2. The molecule has 0 aliphatic rings. The maximum Gasteiger partial charge on any atom is 0.265 e. The number of ether oxygens (including phenoxy) is 1. The predicted molar refractivity (Wildman–Crippen MR) is 113 cm³/mol. The number of rotatable bonds is 6. The summed E-state index contributed by atoms with van der Waals surface area (Å²) in [5, 5.41) is 5.71. The van der Waals surface area contributed by atoms with Crippen LogP contribution in [-0.4, -0.2) is 23.5 Å². The van der Waals surface area contributed by atoms with Gasteiger partial charge in [-0.2, -0.15) is 0 Å². The number of anilines is 1. The van der Waals surface area contributed by atoms with Crippen molar-refractivity contribution in [2.75, 3.05) is 5.32 Å². The number of hydrogen-bond donors (Lipinski definition) is 2. The molecule has 150 valence electrons. The fraction of sp³-hybridized carbons (Fsp3) is 0.391. The van der Waals surface area contributed by atoms with Gasteiger partial charge in [-0.15, -0.1) is 0 Å². The Morgan fingerprint density at radius 3 is 2.18 bits per heavy atom. The smallest absolute Gasteiger partial charge is 0.265 e. The lowest BCUT2D eigenvalue weighted by Crippen LogP contribution is -2.40. The average molecular weight is 383 g/mol. The second kappa shape index (κ2) is 8.91. The Morgan fingerprint density at radius 1 is 0.964 bits per heavy atom. The summed E-state index contributed by atoms with van der Waals surface area (Å²) in [6.07, 6.45) is -0.669. The Hall–Kier alpha value is -2.82. The zero-order chi connectivity index (χ0) is 20.9. The molecule has 0 aromatic heterocycles. The van der Waals surface area contributed by atoms with Crippen LogP contribution in [0.3, 0.4) is 0 Å². The SMILES string of the molecule is CC(Oc1ccc(C(C)C)cc1)C(=O)Nc1cccc(C(=O)NC(C)(C)C)c1. The largest absolute Gasteiger partial charge is 0.481 e. The molecule has 5 nitrogen and oxygen atoms in total. The number of amides is 2. The van der Waals surface area contributed by atoms with Gasteiger partial charge in [0.05, 0.1) is 0 Å². The van der Waals surface area contributed by atoms with Gasteiger partial charge >= 0.3 is 0 Å². The molecule has 2 aromatic rings. The Bertz CT molecular complexity index is 820. The lowest BCUT2D eigenvalue weighted by molar-refractivity contribution is -0.122. The summed E-state index contributed by atoms with van der Waals surface area (Å²) in [6, 6.07) is 14.6. The van der Waals surface area contributed by atoms with Gasteiger partial charge in [0, 0.05) is 16.8 Å². The summed E-state index contributed by atoms with van der Waals surface area (Å²) in [6.45, 7) is 11.7. The topological polar surface area (TPSA) is 67.4 Å². The minimum absolute atomic E-state index is 0.182. The van der Waals surface area contributed by atoms with Crippen molar-refractivity contribution in [3.63, 3.8) is 0 Å². The van der Waals surface area contributed by atoms with Gasteiger partial charge < -0.3 is 15.4 Å². The van der Waals surface area contributed by atoms with E-state index in [0.717, 1.165) is 0 Å². The highest BCUT2D eigenvalue weighted by molar-refractivity contribution is 5.98. The van der Waals surface area contributed by atoms with Gasteiger partial charge in [-0.3, -0.25) is 9.59 Å². The van der Waals surface area contributed by atoms with Gasteiger partial charge in [0.25, 0.3) is 11.8 Å². The van der Waals surface area contributed by atoms with E-state index in [9.17, 15) is 9.59 Å². The van der Waals surface area contributed by atoms with Crippen LogP contribution in [0.5, 0.6) is 5.75 Å². The molecule has 2 N–H and O–H groups in total. The summed E-state index contributed by atoms with van der Waals surface area (Å²) < 4.78 is 5.74. The van der Waals surface area contributed by atoms with E-state index in [2.05, 4.69) is 24.5 Å². The first-order valence-electron chi connectivity index (χ1n) is 9.55. The van der Waals surface area contributed by atoms with E-state index < -0.39 is 6.10 Å². The molecule has 1 atom stereocenters. The predicted octanol–water partition coefficient (Wildman–Crippen LogP) is 4.74. The maximum atomic E-state index is 12.5. The summed E-state index contributed by atoms with van der Waals surface area (Å²) in [5.74, 6) is 0.627. The molecular weight excluding hydrogens is 352 g/mol. The van der Waals surface area contributed by atoms with Crippen molar-refractivity contribution in [1.82, 2.24) is 5.32 Å². The van der Waals surface area contributed by atoms with Crippen LogP contribution in [0, 0.1) is 0 Å². The van der Waals surface area contributed by atoms with Gasteiger partial charge in [0.15, 0.2) is 6.10 Å². The van der Waals surface area contributed by atoms with Crippen molar-refractivity contribution in [3.8, 4) is 5.75 Å². The molecule has 0 aliphatic heterocycles. The molecule has 0 saturated carbocycles. The maximum absolute atomic E-state index is 12.5.